The SMILES string of the molecule is COc1ccc(CNC(=O)NCc2noc3ccc(C)cc23)cc1. The van der Waals surface area contributed by atoms with E-state index in [2.05, 4.69) is 15.8 Å². The van der Waals surface area contributed by atoms with Crippen molar-refractivity contribution >= 4 is 17.0 Å². The number of amides is 2. The number of nitrogens with one attached hydrogen (secondary N) is 2. The van der Waals surface area contributed by atoms with Crippen molar-refractivity contribution in [2.75, 3.05) is 7.11 Å². The van der Waals surface area contributed by atoms with Gasteiger partial charge in [0.05, 0.1) is 13.7 Å². The Bertz CT molecular complexity index is 840. The van der Waals surface area contributed by atoms with Crippen LogP contribution < -0.4 is 15.4 Å². The minimum atomic E-state index is -0.255. The van der Waals surface area contributed by atoms with Crippen molar-refractivity contribution in [3.63, 3.8) is 0 Å². The molecule has 0 aliphatic rings. The number of aromatic nitrogens is 1. The average molecular weight is 325 g/mol. The molecule has 2 N–H and O–H groups in total. The van der Waals surface area contributed by atoms with Gasteiger partial charge in [-0.2, -0.15) is 0 Å². The van der Waals surface area contributed by atoms with Crippen molar-refractivity contribution in [3.05, 3.63) is 59.3 Å². The van der Waals surface area contributed by atoms with Gasteiger partial charge in [-0.05, 0) is 36.8 Å². The third-order valence-corrected chi connectivity index (χ3v) is 3.73. The number of hydrogen-bond donors (Lipinski definition) is 2. The number of carbonyl (C=O) groups excluding carboxylic acids is 1. The number of urea groups is 1. The van der Waals surface area contributed by atoms with Crippen LogP contribution in [0.1, 0.15) is 16.8 Å². The van der Waals surface area contributed by atoms with Crippen LogP contribution >= 0.6 is 0 Å². The van der Waals surface area contributed by atoms with E-state index in [1.165, 1.54) is 0 Å². The monoisotopic (exact) mass is 325 g/mol. The lowest BCUT2D eigenvalue weighted by atomic mass is 10.1. The summed E-state index contributed by atoms with van der Waals surface area (Å²) in [6.45, 7) is 2.75. The Morgan fingerprint density at radius 3 is 2.62 bits per heavy atom. The van der Waals surface area contributed by atoms with E-state index in [1.807, 2.05) is 49.4 Å². The molecule has 124 valence electrons. The lowest BCUT2D eigenvalue weighted by Crippen LogP contribution is -2.34. The summed E-state index contributed by atoms with van der Waals surface area (Å²) in [4.78, 5) is 11.9. The minimum Gasteiger partial charge on any atom is -0.497 e. The molecule has 6 heteroatoms. The highest BCUT2D eigenvalue weighted by atomic mass is 16.5. The van der Waals surface area contributed by atoms with Crippen molar-refractivity contribution in [1.29, 1.82) is 0 Å². The predicted molar refractivity (Wildman–Crippen MR) is 90.8 cm³/mol. The largest absolute Gasteiger partial charge is 0.497 e. The van der Waals surface area contributed by atoms with Crippen molar-refractivity contribution in [1.82, 2.24) is 15.8 Å². The van der Waals surface area contributed by atoms with Crippen LogP contribution in [-0.4, -0.2) is 18.3 Å². The first kappa shape index (κ1) is 15.9. The Morgan fingerprint density at radius 2 is 1.88 bits per heavy atom. The Hall–Kier alpha value is -3.02. The first-order valence-electron chi connectivity index (χ1n) is 7.65. The first-order valence-corrected chi connectivity index (χ1v) is 7.65. The molecule has 6 nitrogen and oxygen atoms in total. The fraction of sp³-hybridized carbons (Fsp3) is 0.222. The van der Waals surface area contributed by atoms with Gasteiger partial charge >= 0.3 is 6.03 Å². The van der Waals surface area contributed by atoms with E-state index >= 15 is 0 Å². The van der Waals surface area contributed by atoms with Gasteiger partial charge in [-0.25, -0.2) is 4.79 Å². The second-order valence-electron chi connectivity index (χ2n) is 5.51. The van der Waals surface area contributed by atoms with Gasteiger partial charge in [0.15, 0.2) is 5.58 Å². The zero-order chi connectivity index (χ0) is 16.9. The maximum absolute atomic E-state index is 11.9. The fourth-order valence-electron chi connectivity index (χ4n) is 2.38. The molecule has 2 amide bonds. The van der Waals surface area contributed by atoms with E-state index in [0.717, 1.165) is 27.8 Å². The quantitative estimate of drug-likeness (QED) is 0.755. The molecule has 0 aliphatic heterocycles. The summed E-state index contributed by atoms with van der Waals surface area (Å²) in [6, 6.07) is 13.1. The second-order valence-corrected chi connectivity index (χ2v) is 5.51. The molecule has 2 aromatic carbocycles. The number of benzene rings is 2. The van der Waals surface area contributed by atoms with Gasteiger partial charge < -0.3 is 19.9 Å². The summed E-state index contributed by atoms with van der Waals surface area (Å²) in [5.74, 6) is 0.788. The van der Waals surface area contributed by atoms with Crippen LogP contribution in [0.2, 0.25) is 0 Å². The third kappa shape index (κ3) is 3.65. The summed E-state index contributed by atoms with van der Waals surface area (Å²) >= 11 is 0. The normalized spacial score (nSPS) is 10.6. The average Bonchev–Trinajstić information content (AvgIpc) is 3.00. The van der Waals surface area contributed by atoms with E-state index in [1.54, 1.807) is 7.11 Å². The summed E-state index contributed by atoms with van der Waals surface area (Å²) in [7, 11) is 1.62. The maximum Gasteiger partial charge on any atom is 0.315 e. The summed E-state index contributed by atoms with van der Waals surface area (Å²) in [5.41, 5.74) is 3.55. The van der Waals surface area contributed by atoms with E-state index < -0.39 is 0 Å². The molecule has 0 saturated heterocycles. The molecule has 0 spiro atoms. The molecular weight excluding hydrogens is 306 g/mol. The van der Waals surface area contributed by atoms with Crippen LogP contribution in [0.3, 0.4) is 0 Å². The van der Waals surface area contributed by atoms with Crippen LogP contribution in [0, 0.1) is 6.92 Å². The van der Waals surface area contributed by atoms with E-state index in [-0.39, 0.29) is 6.03 Å². The summed E-state index contributed by atoms with van der Waals surface area (Å²) in [5, 5.41) is 10.5. The van der Waals surface area contributed by atoms with E-state index in [9.17, 15) is 4.79 Å². The number of nitrogens with zero attached hydrogens (tertiary/aromatic N) is 1. The van der Waals surface area contributed by atoms with Crippen molar-refractivity contribution in [2.24, 2.45) is 0 Å². The molecule has 1 aromatic heterocycles. The molecule has 3 aromatic rings. The van der Waals surface area contributed by atoms with Gasteiger partial charge in [0, 0.05) is 11.9 Å². The number of hydrogen-bond acceptors (Lipinski definition) is 4. The van der Waals surface area contributed by atoms with Gasteiger partial charge in [-0.15, -0.1) is 0 Å². The Kier molecular flexibility index (Phi) is 4.65. The molecule has 3 rings (SSSR count). The van der Waals surface area contributed by atoms with Crippen molar-refractivity contribution in [2.45, 2.75) is 20.0 Å². The molecule has 1 heterocycles. The number of rotatable bonds is 5. The standard InChI is InChI=1S/C18H19N3O3/c1-12-3-8-17-15(9-12)16(21-24-17)11-20-18(22)19-10-13-4-6-14(23-2)7-5-13/h3-9H,10-11H2,1-2H3,(H2,19,20,22). The van der Waals surface area contributed by atoms with Gasteiger partial charge in [0.2, 0.25) is 0 Å². The Morgan fingerprint density at radius 1 is 1.12 bits per heavy atom. The topological polar surface area (TPSA) is 76.4 Å². The number of fused-ring (bicyclic) bond motifs is 1. The summed E-state index contributed by atoms with van der Waals surface area (Å²) < 4.78 is 10.4. The van der Waals surface area contributed by atoms with Crippen LogP contribution in [0.15, 0.2) is 47.0 Å². The third-order valence-electron chi connectivity index (χ3n) is 3.73. The Labute approximate surface area is 139 Å². The lowest BCUT2D eigenvalue weighted by Gasteiger charge is -2.07. The number of carbonyl (C=O) groups is 1. The second kappa shape index (κ2) is 7.04. The number of ether oxygens (including phenoxy) is 1. The van der Waals surface area contributed by atoms with Crippen molar-refractivity contribution in [3.8, 4) is 5.75 Å². The molecule has 24 heavy (non-hydrogen) atoms. The highest BCUT2D eigenvalue weighted by molar-refractivity contribution is 5.81. The van der Waals surface area contributed by atoms with Gasteiger partial charge in [-0.1, -0.05) is 28.9 Å². The predicted octanol–water partition coefficient (Wildman–Crippen LogP) is 3.14. The molecule has 0 fully saturated rings. The summed E-state index contributed by atoms with van der Waals surface area (Å²) in [6.07, 6.45) is 0. The molecule has 0 saturated carbocycles. The van der Waals surface area contributed by atoms with E-state index in [4.69, 9.17) is 9.26 Å². The zero-order valence-electron chi connectivity index (χ0n) is 13.6. The van der Waals surface area contributed by atoms with Crippen LogP contribution in [0.5, 0.6) is 5.75 Å². The molecule has 0 unspecified atom stereocenters. The number of aryl methyl sites for hydroxylation is 1. The smallest absolute Gasteiger partial charge is 0.315 e. The van der Waals surface area contributed by atoms with Crippen LogP contribution in [-0.2, 0) is 13.1 Å². The van der Waals surface area contributed by atoms with Gasteiger partial charge in [-0.3, -0.25) is 0 Å². The van der Waals surface area contributed by atoms with E-state index in [0.29, 0.717) is 18.8 Å². The molecule has 0 radical (unpaired) electrons. The van der Waals surface area contributed by atoms with Gasteiger partial charge in [0.1, 0.15) is 11.4 Å². The fourth-order valence-corrected chi connectivity index (χ4v) is 2.38. The zero-order valence-corrected chi connectivity index (χ0v) is 13.6. The minimum absolute atomic E-state index is 0.255. The first-order chi connectivity index (χ1) is 11.7. The van der Waals surface area contributed by atoms with Crippen LogP contribution in [0.4, 0.5) is 4.79 Å². The Balaban J connectivity index is 1.53. The van der Waals surface area contributed by atoms with Gasteiger partial charge in [0.25, 0.3) is 0 Å². The molecule has 0 aliphatic carbocycles. The molecule has 0 bridgehead atoms. The molecular formula is C18H19N3O3. The highest BCUT2D eigenvalue weighted by Crippen LogP contribution is 2.19. The maximum atomic E-state index is 11.9. The highest BCUT2D eigenvalue weighted by Gasteiger charge is 2.09. The lowest BCUT2D eigenvalue weighted by molar-refractivity contribution is 0.240. The van der Waals surface area contributed by atoms with Crippen LogP contribution in [0.25, 0.3) is 11.0 Å². The van der Waals surface area contributed by atoms with Crippen molar-refractivity contribution < 1.29 is 14.1 Å². The number of methoxy groups -OCH3 is 1. The molecule has 0 atom stereocenters.